The number of aryl methyl sites for hydroxylation is 1. The van der Waals surface area contributed by atoms with E-state index in [4.69, 9.17) is 11.6 Å². The van der Waals surface area contributed by atoms with Gasteiger partial charge in [-0.1, -0.05) is 29.3 Å². The Balaban J connectivity index is 1.86. The van der Waals surface area contributed by atoms with Crippen molar-refractivity contribution in [3.05, 3.63) is 58.4 Å². The second-order valence-electron chi connectivity index (χ2n) is 7.31. The Kier molecular flexibility index (Phi) is 4.25. The van der Waals surface area contributed by atoms with Gasteiger partial charge in [0.15, 0.2) is 0 Å². The quantitative estimate of drug-likeness (QED) is 0.848. The normalized spacial score (nSPS) is 25.1. The van der Waals surface area contributed by atoms with E-state index in [-0.39, 0.29) is 21.9 Å². The molecule has 2 aliphatic heterocycles. The molecule has 0 amide bonds. The summed E-state index contributed by atoms with van der Waals surface area (Å²) < 4.78 is 41.9. The van der Waals surface area contributed by atoms with Gasteiger partial charge in [-0.3, -0.25) is 4.31 Å². The van der Waals surface area contributed by atoms with E-state index >= 15 is 0 Å². The molecule has 1 fully saturated rings. The van der Waals surface area contributed by atoms with Gasteiger partial charge >= 0.3 is 0 Å². The van der Waals surface area contributed by atoms with Gasteiger partial charge in [-0.25, -0.2) is 12.8 Å². The van der Waals surface area contributed by atoms with Gasteiger partial charge in [-0.05, 0) is 36.8 Å². The molecule has 7 heteroatoms. The first-order chi connectivity index (χ1) is 12.3. The van der Waals surface area contributed by atoms with Crippen molar-refractivity contribution in [1.29, 1.82) is 0 Å². The van der Waals surface area contributed by atoms with Crippen LogP contribution in [-0.2, 0) is 10.0 Å². The molecule has 3 atom stereocenters. The highest BCUT2D eigenvalue weighted by atomic mass is 35.5. The molecule has 0 radical (unpaired) electrons. The number of sulfonamides is 1. The highest BCUT2D eigenvalue weighted by molar-refractivity contribution is 7.92. The van der Waals surface area contributed by atoms with E-state index in [1.54, 1.807) is 4.31 Å². The van der Waals surface area contributed by atoms with E-state index in [1.807, 2.05) is 19.1 Å². The molecule has 0 bridgehead atoms. The number of halogens is 2. The highest BCUT2D eigenvalue weighted by Crippen LogP contribution is 2.46. The van der Waals surface area contributed by atoms with E-state index in [2.05, 4.69) is 13.1 Å². The average Bonchev–Trinajstić information content (AvgIpc) is 2.91. The first-order valence-electron chi connectivity index (χ1n) is 8.70. The van der Waals surface area contributed by atoms with Crippen LogP contribution in [0.2, 0.25) is 5.02 Å². The van der Waals surface area contributed by atoms with Crippen LogP contribution in [-0.4, -0.2) is 34.6 Å². The molecule has 0 saturated carbocycles. The highest BCUT2D eigenvalue weighted by Gasteiger charge is 2.48. The lowest BCUT2D eigenvalue weighted by Crippen LogP contribution is -3.11. The largest absolute Gasteiger partial charge is 0.337 e. The smallest absolute Gasteiger partial charge is 0.264 e. The first kappa shape index (κ1) is 17.8. The van der Waals surface area contributed by atoms with Gasteiger partial charge in [-0.2, -0.15) is 0 Å². The van der Waals surface area contributed by atoms with Gasteiger partial charge in [0.2, 0.25) is 0 Å². The molecule has 1 N–H and O–H groups in total. The van der Waals surface area contributed by atoms with E-state index in [9.17, 15) is 12.8 Å². The molecular formula is C19H21ClFN2O2S+. The molecule has 0 aromatic heterocycles. The molecule has 2 heterocycles. The number of fused-ring (bicyclic) bond motifs is 3. The Morgan fingerprint density at radius 2 is 2.00 bits per heavy atom. The van der Waals surface area contributed by atoms with Gasteiger partial charge in [0.1, 0.15) is 5.82 Å². The lowest BCUT2D eigenvalue weighted by atomic mass is 9.89. The molecule has 138 valence electrons. The molecule has 0 spiro atoms. The van der Waals surface area contributed by atoms with Crippen LogP contribution in [0.4, 0.5) is 10.1 Å². The fourth-order valence-electron chi connectivity index (χ4n) is 4.22. The SMILES string of the molecule is Cc1ccc2c(c1)[C@@H]1C[NH+](C)CC[C@@H]1N2S(=O)(=O)c1ccc(F)c(Cl)c1. The summed E-state index contributed by atoms with van der Waals surface area (Å²) >= 11 is 5.84. The maximum atomic E-state index is 13.5. The fourth-order valence-corrected chi connectivity index (χ4v) is 6.23. The van der Waals surface area contributed by atoms with Crippen LogP contribution in [0.25, 0.3) is 0 Å². The molecule has 4 rings (SSSR count). The van der Waals surface area contributed by atoms with Crippen molar-refractivity contribution in [1.82, 2.24) is 0 Å². The molecule has 26 heavy (non-hydrogen) atoms. The lowest BCUT2D eigenvalue weighted by molar-refractivity contribution is -0.886. The average molecular weight is 396 g/mol. The maximum Gasteiger partial charge on any atom is 0.264 e. The zero-order valence-electron chi connectivity index (χ0n) is 14.7. The Labute approximate surface area is 158 Å². The van der Waals surface area contributed by atoms with E-state index in [1.165, 1.54) is 17.0 Å². The van der Waals surface area contributed by atoms with Crippen LogP contribution in [0, 0.1) is 12.7 Å². The first-order valence-corrected chi connectivity index (χ1v) is 10.5. The molecular weight excluding hydrogens is 375 g/mol. The summed E-state index contributed by atoms with van der Waals surface area (Å²) in [6, 6.07) is 9.42. The zero-order valence-corrected chi connectivity index (χ0v) is 16.2. The van der Waals surface area contributed by atoms with Crippen molar-refractivity contribution >= 4 is 27.3 Å². The number of nitrogens with zero attached hydrogens (tertiary/aromatic N) is 1. The van der Waals surface area contributed by atoms with E-state index in [0.717, 1.165) is 42.4 Å². The number of rotatable bonds is 2. The number of nitrogens with one attached hydrogen (secondary N) is 1. The third-order valence-electron chi connectivity index (χ3n) is 5.47. The molecule has 2 aromatic rings. The number of anilines is 1. The molecule has 2 aliphatic rings. The summed E-state index contributed by atoms with van der Waals surface area (Å²) in [6.45, 7) is 3.84. The van der Waals surface area contributed by atoms with Crippen molar-refractivity contribution in [3.8, 4) is 0 Å². The van der Waals surface area contributed by atoms with Crippen LogP contribution in [0.1, 0.15) is 23.5 Å². The van der Waals surface area contributed by atoms with Crippen LogP contribution in [0.3, 0.4) is 0 Å². The van der Waals surface area contributed by atoms with Crippen molar-refractivity contribution in [2.75, 3.05) is 24.4 Å². The number of likely N-dealkylation sites (N-methyl/N-ethyl adjacent to an activating group) is 1. The monoisotopic (exact) mass is 395 g/mol. The minimum Gasteiger partial charge on any atom is -0.337 e. The van der Waals surface area contributed by atoms with Gasteiger partial charge in [-0.15, -0.1) is 0 Å². The molecule has 4 nitrogen and oxygen atoms in total. The van der Waals surface area contributed by atoms with Crippen LogP contribution in [0.5, 0.6) is 0 Å². The number of benzene rings is 2. The fraction of sp³-hybridized carbons (Fsp3) is 0.368. The van der Waals surface area contributed by atoms with Crippen molar-refractivity contribution in [2.45, 2.75) is 30.2 Å². The zero-order chi connectivity index (χ0) is 18.6. The predicted octanol–water partition coefficient (Wildman–Crippen LogP) is 2.37. The number of quaternary nitrogens is 1. The lowest BCUT2D eigenvalue weighted by Gasteiger charge is -2.34. The molecule has 2 aromatic carbocycles. The number of hydrogen-bond acceptors (Lipinski definition) is 2. The minimum absolute atomic E-state index is 0.0300. The third-order valence-corrected chi connectivity index (χ3v) is 7.59. The summed E-state index contributed by atoms with van der Waals surface area (Å²) in [5, 5.41) is -0.182. The van der Waals surface area contributed by atoms with Crippen LogP contribution < -0.4 is 9.21 Å². The summed E-state index contributed by atoms with van der Waals surface area (Å²) in [7, 11) is -1.68. The van der Waals surface area contributed by atoms with Crippen molar-refractivity contribution < 1.29 is 17.7 Å². The Bertz CT molecular complexity index is 979. The van der Waals surface area contributed by atoms with Crippen LogP contribution >= 0.6 is 11.6 Å². The number of piperidine rings is 1. The van der Waals surface area contributed by atoms with Gasteiger partial charge in [0.05, 0.1) is 47.7 Å². The van der Waals surface area contributed by atoms with E-state index in [0.29, 0.717) is 0 Å². The summed E-state index contributed by atoms with van der Waals surface area (Å²) in [5.41, 5.74) is 2.95. The van der Waals surface area contributed by atoms with Crippen LogP contribution in [0.15, 0.2) is 41.3 Å². The molecule has 1 unspecified atom stereocenters. The molecule has 1 saturated heterocycles. The van der Waals surface area contributed by atoms with Gasteiger partial charge in [0.25, 0.3) is 10.0 Å². The Morgan fingerprint density at radius 1 is 1.23 bits per heavy atom. The van der Waals surface area contributed by atoms with E-state index < -0.39 is 15.8 Å². The summed E-state index contributed by atoms with van der Waals surface area (Å²) in [4.78, 5) is 1.44. The van der Waals surface area contributed by atoms with Crippen molar-refractivity contribution in [3.63, 3.8) is 0 Å². The Morgan fingerprint density at radius 3 is 2.73 bits per heavy atom. The number of hydrogen-bond donors (Lipinski definition) is 1. The van der Waals surface area contributed by atoms with Gasteiger partial charge < -0.3 is 4.90 Å². The summed E-state index contributed by atoms with van der Waals surface area (Å²) in [5.74, 6) is -0.451. The topological polar surface area (TPSA) is 41.8 Å². The maximum absolute atomic E-state index is 13.5. The third kappa shape index (κ3) is 2.71. The van der Waals surface area contributed by atoms with Gasteiger partial charge in [0, 0.05) is 6.42 Å². The predicted molar refractivity (Wildman–Crippen MR) is 100 cm³/mol. The Hall–Kier alpha value is -1.63. The second kappa shape index (κ2) is 6.22. The summed E-state index contributed by atoms with van der Waals surface area (Å²) in [6.07, 6.45) is 0.790. The standard InChI is InChI=1S/C19H20ClFN2O2S/c1-12-3-6-18-14(9-12)15-11-22(2)8-7-19(15)23(18)26(24,25)13-4-5-17(21)16(20)10-13/h3-6,9-10,15,19H,7-8,11H2,1-2H3/p+1/t15-,19-/m0/s1. The number of likely N-dealkylation sites (tertiary alicyclic amines) is 1. The second-order valence-corrected chi connectivity index (χ2v) is 9.53. The van der Waals surface area contributed by atoms with Crippen molar-refractivity contribution in [2.24, 2.45) is 0 Å². The molecule has 0 aliphatic carbocycles. The minimum atomic E-state index is -3.82.